The second-order valence-corrected chi connectivity index (χ2v) is 4.32. The van der Waals surface area contributed by atoms with E-state index < -0.39 is 23.5 Å². The van der Waals surface area contributed by atoms with Crippen LogP contribution in [0.25, 0.3) is 11.3 Å². The maximum absolute atomic E-state index is 13.0. The van der Waals surface area contributed by atoms with Crippen LogP contribution in [0.3, 0.4) is 0 Å². The van der Waals surface area contributed by atoms with Crippen molar-refractivity contribution in [1.82, 2.24) is 4.98 Å². The minimum atomic E-state index is -4.66. The SMILES string of the molecule is COc1cc(C(F)(F)F)cnc1-c1ccccc1C(F)(F)F. The molecule has 2 nitrogen and oxygen atoms in total. The van der Waals surface area contributed by atoms with Crippen LogP contribution in [0, 0.1) is 0 Å². The van der Waals surface area contributed by atoms with Crippen molar-refractivity contribution < 1.29 is 31.1 Å². The summed E-state index contributed by atoms with van der Waals surface area (Å²) in [5.41, 5.74) is -2.75. The molecule has 118 valence electrons. The van der Waals surface area contributed by atoms with Crippen molar-refractivity contribution in [2.24, 2.45) is 0 Å². The number of benzene rings is 1. The highest BCUT2D eigenvalue weighted by Crippen LogP contribution is 2.40. The third-order valence-corrected chi connectivity index (χ3v) is 2.89. The third-order valence-electron chi connectivity index (χ3n) is 2.89. The Morgan fingerprint density at radius 2 is 1.59 bits per heavy atom. The van der Waals surface area contributed by atoms with E-state index in [1.807, 2.05) is 0 Å². The molecule has 1 aromatic carbocycles. The molecule has 0 saturated carbocycles. The fraction of sp³-hybridized carbons (Fsp3) is 0.214. The summed E-state index contributed by atoms with van der Waals surface area (Å²) >= 11 is 0. The van der Waals surface area contributed by atoms with E-state index in [0.717, 1.165) is 19.2 Å². The molecule has 0 atom stereocenters. The van der Waals surface area contributed by atoms with Gasteiger partial charge in [-0.1, -0.05) is 18.2 Å². The van der Waals surface area contributed by atoms with Crippen LogP contribution < -0.4 is 4.74 Å². The zero-order valence-corrected chi connectivity index (χ0v) is 11.1. The molecule has 0 fully saturated rings. The van der Waals surface area contributed by atoms with Crippen LogP contribution in [0.5, 0.6) is 5.75 Å². The number of halogens is 6. The predicted octanol–water partition coefficient (Wildman–Crippen LogP) is 4.79. The largest absolute Gasteiger partial charge is 0.494 e. The van der Waals surface area contributed by atoms with E-state index in [2.05, 4.69) is 4.98 Å². The maximum Gasteiger partial charge on any atom is 0.418 e. The fourth-order valence-electron chi connectivity index (χ4n) is 1.89. The predicted molar refractivity (Wildman–Crippen MR) is 66.2 cm³/mol. The first-order chi connectivity index (χ1) is 10.1. The van der Waals surface area contributed by atoms with E-state index in [1.165, 1.54) is 12.1 Å². The summed E-state index contributed by atoms with van der Waals surface area (Å²) in [7, 11) is 1.07. The highest BCUT2D eigenvalue weighted by Gasteiger charge is 2.36. The van der Waals surface area contributed by atoms with Crippen molar-refractivity contribution in [2.45, 2.75) is 12.4 Å². The van der Waals surface area contributed by atoms with Gasteiger partial charge in [0.1, 0.15) is 11.4 Å². The summed E-state index contributed by atoms with van der Waals surface area (Å²) < 4.78 is 81.6. The molecule has 0 radical (unpaired) electrons. The topological polar surface area (TPSA) is 22.1 Å². The van der Waals surface area contributed by atoms with Gasteiger partial charge in [0.15, 0.2) is 0 Å². The Morgan fingerprint density at radius 3 is 2.14 bits per heavy atom. The van der Waals surface area contributed by atoms with Gasteiger partial charge in [0, 0.05) is 11.8 Å². The van der Waals surface area contributed by atoms with Gasteiger partial charge in [0.05, 0.1) is 18.2 Å². The summed E-state index contributed by atoms with van der Waals surface area (Å²) in [6.45, 7) is 0. The van der Waals surface area contributed by atoms with Crippen molar-refractivity contribution in [2.75, 3.05) is 7.11 Å². The minimum Gasteiger partial charge on any atom is -0.494 e. The zero-order chi connectivity index (χ0) is 16.5. The Hall–Kier alpha value is -2.25. The van der Waals surface area contributed by atoms with Gasteiger partial charge < -0.3 is 4.74 Å². The number of rotatable bonds is 2. The molecular weight excluding hydrogens is 312 g/mol. The molecule has 0 bridgehead atoms. The number of aromatic nitrogens is 1. The van der Waals surface area contributed by atoms with Crippen molar-refractivity contribution in [3.8, 4) is 17.0 Å². The summed E-state index contributed by atoms with van der Waals surface area (Å²) in [4.78, 5) is 3.52. The van der Waals surface area contributed by atoms with Gasteiger partial charge in [0.25, 0.3) is 0 Å². The second kappa shape index (κ2) is 5.51. The van der Waals surface area contributed by atoms with Gasteiger partial charge in [0.2, 0.25) is 0 Å². The quantitative estimate of drug-likeness (QED) is 0.742. The van der Waals surface area contributed by atoms with Crippen LogP contribution in [-0.4, -0.2) is 12.1 Å². The van der Waals surface area contributed by atoms with Crippen LogP contribution in [0.1, 0.15) is 11.1 Å². The molecule has 0 saturated heterocycles. The van der Waals surface area contributed by atoms with Crippen LogP contribution in [0.4, 0.5) is 26.3 Å². The van der Waals surface area contributed by atoms with Gasteiger partial charge in [-0.2, -0.15) is 26.3 Å². The molecule has 22 heavy (non-hydrogen) atoms. The highest BCUT2D eigenvalue weighted by molar-refractivity contribution is 5.70. The molecule has 8 heteroatoms. The number of alkyl halides is 6. The lowest BCUT2D eigenvalue weighted by molar-refractivity contribution is -0.138. The monoisotopic (exact) mass is 321 g/mol. The lowest BCUT2D eigenvalue weighted by atomic mass is 10.0. The molecule has 1 aromatic heterocycles. The van der Waals surface area contributed by atoms with E-state index in [0.29, 0.717) is 12.3 Å². The molecular formula is C14H9F6NO. The minimum absolute atomic E-state index is 0.302. The molecule has 2 rings (SSSR count). The molecule has 0 aliphatic rings. The first kappa shape index (κ1) is 16.1. The molecule has 0 aliphatic heterocycles. The number of hydrogen-bond donors (Lipinski definition) is 0. The Bertz CT molecular complexity index is 678. The number of methoxy groups -OCH3 is 1. The van der Waals surface area contributed by atoms with Gasteiger partial charge >= 0.3 is 12.4 Å². The van der Waals surface area contributed by atoms with E-state index >= 15 is 0 Å². The van der Waals surface area contributed by atoms with Crippen molar-refractivity contribution in [3.05, 3.63) is 47.7 Å². The molecule has 2 aromatic rings. The lowest BCUT2D eigenvalue weighted by Crippen LogP contribution is -2.09. The Morgan fingerprint density at radius 1 is 0.955 bits per heavy atom. The van der Waals surface area contributed by atoms with Gasteiger partial charge in [-0.15, -0.1) is 0 Å². The molecule has 0 unspecified atom stereocenters. The van der Waals surface area contributed by atoms with Crippen LogP contribution in [0.2, 0.25) is 0 Å². The zero-order valence-electron chi connectivity index (χ0n) is 11.1. The van der Waals surface area contributed by atoms with Crippen molar-refractivity contribution in [1.29, 1.82) is 0 Å². The van der Waals surface area contributed by atoms with E-state index in [-0.39, 0.29) is 17.0 Å². The summed E-state index contributed by atoms with van der Waals surface area (Å²) in [5.74, 6) is -0.383. The first-order valence-electron chi connectivity index (χ1n) is 5.92. The van der Waals surface area contributed by atoms with Crippen molar-refractivity contribution >= 4 is 0 Å². The van der Waals surface area contributed by atoms with E-state index in [1.54, 1.807) is 0 Å². The second-order valence-electron chi connectivity index (χ2n) is 4.32. The van der Waals surface area contributed by atoms with E-state index in [4.69, 9.17) is 4.74 Å². The van der Waals surface area contributed by atoms with Crippen LogP contribution >= 0.6 is 0 Å². The molecule has 1 heterocycles. The number of hydrogen-bond acceptors (Lipinski definition) is 2. The molecule has 0 amide bonds. The van der Waals surface area contributed by atoms with Gasteiger partial charge in [-0.3, -0.25) is 4.98 Å². The number of ether oxygens (including phenoxy) is 1. The number of nitrogens with zero attached hydrogens (tertiary/aromatic N) is 1. The lowest BCUT2D eigenvalue weighted by Gasteiger charge is -2.15. The normalized spacial score (nSPS) is 12.3. The first-order valence-corrected chi connectivity index (χ1v) is 5.92. The molecule has 0 spiro atoms. The van der Waals surface area contributed by atoms with Gasteiger partial charge in [-0.25, -0.2) is 0 Å². The Balaban J connectivity index is 2.64. The van der Waals surface area contributed by atoms with Crippen LogP contribution in [-0.2, 0) is 12.4 Å². The molecule has 0 aliphatic carbocycles. The maximum atomic E-state index is 13.0. The summed E-state index contributed by atoms with van der Waals surface area (Å²) in [6, 6.07) is 5.09. The summed E-state index contributed by atoms with van der Waals surface area (Å²) in [6.07, 6.45) is -8.85. The van der Waals surface area contributed by atoms with Gasteiger partial charge in [-0.05, 0) is 12.1 Å². The average molecular weight is 321 g/mol. The van der Waals surface area contributed by atoms with Crippen molar-refractivity contribution in [3.63, 3.8) is 0 Å². The van der Waals surface area contributed by atoms with E-state index in [9.17, 15) is 26.3 Å². The standard InChI is InChI=1S/C14H9F6NO/c1-22-11-6-8(13(15,16)17)7-21-12(11)9-4-2-3-5-10(9)14(18,19)20/h2-7H,1H3. The smallest absolute Gasteiger partial charge is 0.418 e. The Kier molecular flexibility index (Phi) is 4.04. The number of pyridine rings is 1. The third kappa shape index (κ3) is 3.15. The highest BCUT2D eigenvalue weighted by atomic mass is 19.4. The molecule has 0 N–H and O–H groups in total. The Labute approximate surface area is 121 Å². The fourth-order valence-corrected chi connectivity index (χ4v) is 1.89. The average Bonchev–Trinajstić information content (AvgIpc) is 2.44. The summed E-state index contributed by atoms with van der Waals surface area (Å²) in [5, 5.41) is 0. The van der Waals surface area contributed by atoms with Crippen LogP contribution in [0.15, 0.2) is 36.5 Å².